The van der Waals surface area contributed by atoms with E-state index in [1.165, 1.54) is 12.1 Å². The summed E-state index contributed by atoms with van der Waals surface area (Å²) >= 11 is 0. The average molecular weight is 252 g/mol. The van der Waals surface area contributed by atoms with Crippen molar-refractivity contribution in [2.24, 2.45) is 0 Å². The largest absolute Gasteiger partial charge is 0.314 e. The van der Waals surface area contributed by atoms with Gasteiger partial charge in [0.2, 0.25) is 0 Å². The lowest BCUT2D eigenvalue weighted by molar-refractivity contribution is 0.197. The van der Waals surface area contributed by atoms with Crippen LogP contribution in [0.25, 0.3) is 0 Å². The van der Waals surface area contributed by atoms with Crippen LogP contribution in [0.1, 0.15) is 17.2 Å². The van der Waals surface area contributed by atoms with Crippen molar-refractivity contribution in [1.29, 1.82) is 0 Å². The quantitative estimate of drug-likeness (QED) is 0.831. The Labute approximate surface area is 106 Å². The summed E-state index contributed by atoms with van der Waals surface area (Å²) in [6.07, 6.45) is 1.62. The first-order chi connectivity index (χ1) is 8.65. The second kappa shape index (κ2) is 5.59. The standard InChI is InChI=1S/C14H18F2N2/c1-3-12(18-8-6-17-7-9-18)13-11(15)5-4-10(2)14(13)16/h3-5,12,17H,1,6-9H2,2H3/t12-/m1/s1. The molecular formula is C14H18F2N2. The Morgan fingerprint density at radius 3 is 2.61 bits per heavy atom. The van der Waals surface area contributed by atoms with E-state index in [1.54, 1.807) is 13.0 Å². The van der Waals surface area contributed by atoms with Crippen LogP contribution >= 0.6 is 0 Å². The van der Waals surface area contributed by atoms with E-state index >= 15 is 0 Å². The van der Waals surface area contributed by atoms with E-state index < -0.39 is 17.7 Å². The van der Waals surface area contributed by atoms with Gasteiger partial charge < -0.3 is 5.32 Å². The van der Waals surface area contributed by atoms with Crippen molar-refractivity contribution >= 4 is 0 Å². The normalized spacial score (nSPS) is 18.6. The number of benzene rings is 1. The highest BCUT2D eigenvalue weighted by Crippen LogP contribution is 2.28. The zero-order chi connectivity index (χ0) is 13.1. The molecule has 1 aromatic rings. The van der Waals surface area contributed by atoms with E-state index in [2.05, 4.69) is 11.9 Å². The maximum absolute atomic E-state index is 14.1. The van der Waals surface area contributed by atoms with Gasteiger partial charge >= 0.3 is 0 Å². The van der Waals surface area contributed by atoms with Crippen LogP contribution in [0.5, 0.6) is 0 Å². The van der Waals surface area contributed by atoms with Gasteiger partial charge in [-0.15, -0.1) is 6.58 Å². The minimum Gasteiger partial charge on any atom is -0.314 e. The summed E-state index contributed by atoms with van der Waals surface area (Å²) in [6, 6.07) is 2.39. The molecule has 0 amide bonds. The maximum Gasteiger partial charge on any atom is 0.134 e. The molecular weight excluding hydrogens is 234 g/mol. The Hall–Kier alpha value is -1.26. The molecule has 0 aromatic heterocycles. The molecule has 0 radical (unpaired) electrons. The Balaban J connectivity index is 2.37. The van der Waals surface area contributed by atoms with Crippen LogP contribution in [0.2, 0.25) is 0 Å². The molecule has 1 aromatic carbocycles. The first-order valence-corrected chi connectivity index (χ1v) is 6.17. The lowest BCUT2D eigenvalue weighted by Gasteiger charge is -2.33. The number of nitrogens with one attached hydrogen (secondary N) is 1. The third-order valence-electron chi connectivity index (χ3n) is 3.38. The van der Waals surface area contributed by atoms with E-state index in [9.17, 15) is 8.78 Å². The first kappa shape index (κ1) is 13.2. The number of halogens is 2. The fourth-order valence-corrected chi connectivity index (χ4v) is 2.36. The molecule has 0 unspecified atom stereocenters. The molecule has 1 N–H and O–H groups in total. The van der Waals surface area contributed by atoms with Gasteiger partial charge in [-0.2, -0.15) is 0 Å². The molecule has 4 heteroatoms. The number of rotatable bonds is 3. The molecule has 18 heavy (non-hydrogen) atoms. The van der Waals surface area contributed by atoms with E-state index in [1.807, 2.05) is 4.90 Å². The maximum atomic E-state index is 14.1. The Morgan fingerprint density at radius 1 is 1.33 bits per heavy atom. The van der Waals surface area contributed by atoms with Crippen molar-refractivity contribution in [1.82, 2.24) is 10.2 Å². The number of hydrogen-bond acceptors (Lipinski definition) is 2. The molecule has 1 saturated heterocycles. The van der Waals surface area contributed by atoms with Crippen LogP contribution in [0.4, 0.5) is 8.78 Å². The molecule has 1 fully saturated rings. The zero-order valence-corrected chi connectivity index (χ0v) is 10.5. The third kappa shape index (κ3) is 2.44. The average Bonchev–Trinajstić information content (AvgIpc) is 2.40. The Morgan fingerprint density at radius 2 is 2.00 bits per heavy atom. The van der Waals surface area contributed by atoms with E-state index in [4.69, 9.17) is 0 Å². The SMILES string of the molecule is C=C[C@H](c1c(F)ccc(C)c1F)N1CCNCC1. The van der Waals surface area contributed by atoms with Gasteiger partial charge in [0.25, 0.3) is 0 Å². The number of nitrogens with zero attached hydrogens (tertiary/aromatic N) is 1. The van der Waals surface area contributed by atoms with Crippen LogP contribution < -0.4 is 5.32 Å². The predicted octanol–water partition coefficient (Wildman–Crippen LogP) is 2.41. The van der Waals surface area contributed by atoms with Crippen molar-refractivity contribution in [3.8, 4) is 0 Å². The van der Waals surface area contributed by atoms with Crippen LogP contribution in [0.15, 0.2) is 24.8 Å². The fraction of sp³-hybridized carbons (Fsp3) is 0.429. The van der Waals surface area contributed by atoms with E-state index in [-0.39, 0.29) is 5.56 Å². The predicted molar refractivity (Wildman–Crippen MR) is 68.5 cm³/mol. The van der Waals surface area contributed by atoms with Gasteiger partial charge in [0.15, 0.2) is 0 Å². The molecule has 2 rings (SSSR count). The van der Waals surface area contributed by atoms with Gasteiger partial charge in [-0.3, -0.25) is 4.90 Å². The minimum absolute atomic E-state index is 0.118. The van der Waals surface area contributed by atoms with Crippen LogP contribution in [-0.4, -0.2) is 31.1 Å². The lowest BCUT2D eigenvalue weighted by Crippen LogP contribution is -2.45. The van der Waals surface area contributed by atoms with Crippen LogP contribution in [0, 0.1) is 18.6 Å². The van der Waals surface area contributed by atoms with Crippen molar-refractivity contribution < 1.29 is 8.78 Å². The molecule has 1 aliphatic heterocycles. The van der Waals surface area contributed by atoms with E-state index in [0.717, 1.165) is 26.2 Å². The summed E-state index contributed by atoms with van der Waals surface area (Å²) in [5.41, 5.74) is 0.584. The van der Waals surface area contributed by atoms with Crippen LogP contribution in [-0.2, 0) is 0 Å². The highest BCUT2D eigenvalue weighted by Gasteiger charge is 2.25. The first-order valence-electron chi connectivity index (χ1n) is 6.17. The molecule has 0 aliphatic carbocycles. The highest BCUT2D eigenvalue weighted by atomic mass is 19.1. The Bertz CT molecular complexity index is 440. The third-order valence-corrected chi connectivity index (χ3v) is 3.38. The summed E-state index contributed by atoms with van der Waals surface area (Å²) in [7, 11) is 0. The van der Waals surface area contributed by atoms with E-state index in [0.29, 0.717) is 5.56 Å². The summed E-state index contributed by atoms with van der Waals surface area (Å²) in [5.74, 6) is -0.958. The lowest BCUT2D eigenvalue weighted by atomic mass is 10.0. The minimum atomic E-state index is -0.499. The number of aryl methyl sites for hydroxylation is 1. The van der Waals surface area contributed by atoms with Gasteiger partial charge in [-0.05, 0) is 18.6 Å². The second-order valence-corrected chi connectivity index (χ2v) is 4.56. The van der Waals surface area contributed by atoms with Gasteiger partial charge in [-0.1, -0.05) is 12.1 Å². The van der Waals surface area contributed by atoms with Gasteiger partial charge in [0.1, 0.15) is 11.6 Å². The van der Waals surface area contributed by atoms with Crippen molar-refractivity contribution in [3.05, 3.63) is 47.5 Å². The van der Waals surface area contributed by atoms with Gasteiger partial charge in [-0.25, -0.2) is 8.78 Å². The highest BCUT2D eigenvalue weighted by molar-refractivity contribution is 5.31. The molecule has 2 nitrogen and oxygen atoms in total. The molecule has 98 valence electrons. The summed E-state index contributed by atoms with van der Waals surface area (Å²) in [5, 5.41) is 3.22. The molecule has 1 atom stereocenters. The summed E-state index contributed by atoms with van der Waals surface area (Å²) in [4.78, 5) is 2.05. The summed E-state index contributed by atoms with van der Waals surface area (Å²) in [6.45, 7) is 8.58. The topological polar surface area (TPSA) is 15.3 Å². The van der Waals surface area contributed by atoms with Crippen molar-refractivity contribution in [3.63, 3.8) is 0 Å². The zero-order valence-electron chi connectivity index (χ0n) is 10.5. The van der Waals surface area contributed by atoms with Gasteiger partial charge in [0, 0.05) is 31.7 Å². The molecule has 0 bridgehead atoms. The van der Waals surface area contributed by atoms with Gasteiger partial charge in [0.05, 0.1) is 6.04 Å². The number of piperazine rings is 1. The molecule has 1 aliphatic rings. The monoisotopic (exact) mass is 252 g/mol. The molecule has 1 heterocycles. The molecule has 0 saturated carbocycles. The summed E-state index contributed by atoms with van der Waals surface area (Å²) < 4.78 is 28.0. The Kier molecular flexibility index (Phi) is 4.09. The molecule has 0 spiro atoms. The van der Waals surface area contributed by atoms with Crippen molar-refractivity contribution in [2.75, 3.05) is 26.2 Å². The fourth-order valence-electron chi connectivity index (χ4n) is 2.36. The van der Waals surface area contributed by atoms with Crippen molar-refractivity contribution in [2.45, 2.75) is 13.0 Å². The second-order valence-electron chi connectivity index (χ2n) is 4.56. The smallest absolute Gasteiger partial charge is 0.134 e. The number of hydrogen-bond donors (Lipinski definition) is 1. The van der Waals surface area contributed by atoms with Crippen LogP contribution in [0.3, 0.4) is 0 Å².